The highest BCUT2D eigenvalue weighted by atomic mass is 32.2. The summed E-state index contributed by atoms with van der Waals surface area (Å²) in [7, 11) is 3.99. The highest BCUT2D eigenvalue weighted by Gasteiger charge is 2.11. The zero-order chi connectivity index (χ0) is 18.1. The monoisotopic (exact) mass is 358 g/mol. The van der Waals surface area contributed by atoms with Crippen molar-refractivity contribution in [3.63, 3.8) is 0 Å². The molecule has 0 aliphatic rings. The summed E-state index contributed by atoms with van der Waals surface area (Å²) in [4.78, 5) is 15.7. The molecule has 0 heterocycles. The minimum Gasteiger partial charge on any atom is -0.491 e. The van der Waals surface area contributed by atoms with Gasteiger partial charge in [0.05, 0.1) is 5.56 Å². The van der Waals surface area contributed by atoms with Gasteiger partial charge in [-0.25, -0.2) is 0 Å². The molecule has 0 radical (unpaired) electrons. The third-order valence-corrected chi connectivity index (χ3v) is 4.62. The second-order valence-electron chi connectivity index (χ2n) is 6.07. The van der Waals surface area contributed by atoms with Crippen molar-refractivity contribution in [3.8, 4) is 5.75 Å². The van der Waals surface area contributed by atoms with Crippen LogP contribution in [0.4, 0.5) is 0 Å². The molecule has 2 aromatic carbocycles. The van der Waals surface area contributed by atoms with E-state index in [4.69, 9.17) is 4.74 Å². The first-order valence-electron chi connectivity index (χ1n) is 8.40. The van der Waals surface area contributed by atoms with Crippen molar-refractivity contribution in [2.45, 2.75) is 11.8 Å². The minimum atomic E-state index is -0.0926. The molecule has 0 unspecified atom stereocenters. The molecule has 1 amide bonds. The lowest BCUT2D eigenvalue weighted by Gasteiger charge is -2.14. The third kappa shape index (κ3) is 6.80. The van der Waals surface area contributed by atoms with E-state index in [-0.39, 0.29) is 5.91 Å². The number of benzene rings is 2. The zero-order valence-electron chi connectivity index (χ0n) is 15.1. The smallest absolute Gasteiger partial charge is 0.255 e. The molecule has 0 aromatic heterocycles. The number of carbonyl (C=O) groups is 1. The fraction of sp³-hybridized carbons (Fsp3) is 0.350. The molecule has 0 bridgehead atoms. The molecule has 0 saturated heterocycles. The predicted octanol–water partition coefficient (Wildman–Crippen LogP) is 3.46. The average Bonchev–Trinajstić information content (AvgIpc) is 2.60. The number of hydrogen-bond acceptors (Lipinski definition) is 4. The number of para-hydroxylation sites is 1. The lowest BCUT2D eigenvalue weighted by Crippen LogP contribution is -2.26. The third-order valence-electron chi connectivity index (χ3n) is 3.61. The first-order chi connectivity index (χ1) is 12.1. The molecule has 0 saturated carbocycles. The number of ether oxygens (including phenoxy) is 1. The molecule has 0 spiro atoms. The Kier molecular flexibility index (Phi) is 7.82. The Morgan fingerprint density at radius 1 is 1.12 bits per heavy atom. The molecule has 0 aliphatic heterocycles. The first-order valence-corrected chi connectivity index (χ1v) is 9.39. The van der Waals surface area contributed by atoms with E-state index in [9.17, 15) is 4.79 Å². The SMILES string of the molecule is Cc1ccc(SCCNC(=O)c2ccccc2OCCN(C)C)cc1. The Bertz CT molecular complexity index is 672. The molecule has 1 N–H and O–H groups in total. The molecular weight excluding hydrogens is 332 g/mol. The van der Waals surface area contributed by atoms with Crippen molar-refractivity contribution in [2.75, 3.05) is 39.5 Å². The molecule has 2 rings (SSSR count). The number of carbonyl (C=O) groups excluding carboxylic acids is 1. The Labute approximate surface area is 154 Å². The van der Waals surface area contributed by atoms with Gasteiger partial charge in [0.15, 0.2) is 0 Å². The summed E-state index contributed by atoms with van der Waals surface area (Å²) in [6.45, 7) is 4.06. The maximum absolute atomic E-state index is 12.4. The van der Waals surface area contributed by atoms with Crippen LogP contribution in [0.25, 0.3) is 0 Å². The van der Waals surface area contributed by atoms with E-state index < -0.39 is 0 Å². The summed E-state index contributed by atoms with van der Waals surface area (Å²) in [5.74, 6) is 1.37. The van der Waals surface area contributed by atoms with E-state index in [2.05, 4.69) is 36.5 Å². The van der Waals surface area contributed by atoms with Crippen molar-refractivity contribution in [1.82, 2.24) is 10.2 Å². The van der Waals surface area contributed by atoms with E-state index in [0.29, 0.717) is 24.5 Å². The standard InChI is InChI=1S/C20H26N2O2S/c1-16-8-10-17(11-9-16)25-15-12-21-20(23)18-6-4-5-7-19(18)24-14-13-22(2)3/h4-11H,12-15H2,1-3H3,(H,21,23). The summed E-state index contributed by atoms with van der Waals surface area (Å²) in [5.41, 5.74) is 1.84. The number of thioether (sulfide) groups is 1. The Balaban J connectivity index is 1.80. The topological polar surface area (TPSA) is 41.6 Å². The van der Waals surface area contributed by atoms with Crippen LogP contribution >= 0.6 is 11.8 Å². The van der Waals surface area contributed by atoms with E-state index in [1.54, 1.807) is 17.8 Å². The summed E-state index contributed by atoms with van der Waals surface area (Å²) >= 11 is 1.74. The van der Waals surface area contributed by atoms with Gasteiger partial charge in [0.1, 0.15) is 12.4 Å². The lowest BCUT2D eigenvalue weighted by molar-refractivity contribution is 0.0951. The first kappa shape index (κ1) is 19.3. The molecule has 0 aliphatic carbocycles. The van der Waals surface area contributed by atoms with Crippen LogP contribution in [0.15, 0.2) is 53.4 Å². The van der Waals surface area contributed by atoms with Crippen LogP contribution in [0.3, 0.4) is 0 Å². The molecule has 0 fully saturated rings. The van der Waals surface area contributed by atoms with Gasteiger partial charge in [0, 0.05) is 23.7 Å². The van der Waals surface area contributed by atoms with Crippen LogP contribution in [0.2, 0.25) is 0 Å². The molecule has 5 heteroatoms. The maximum atomic E-state index is 12.4. The van der Waals surface area contributed by atoms with Gasteiger partial charge in [-0.05, 0) is 45.3 Å². The van der Waals surface area contributed by atoms with Crippen LogP contribution in [-0.2, 0) is 0 Å². The van der Waals surface area contributed by atoms with Gasteiger partial charge in [-0.15, -0.1) is 11.8 Å². The molecule has 2 aromatic rings. The van der Waals surface area contributed by atoms with Crippen molar-refractivity contribution in [2.24, 2.45) is 0 Å². The van der Waals surface area contributed by atoms with Gasteiger partial charge in [0.25, 0.3) is 5.91 Å². The van der Waals surface area contributed by atoms with Gasteiger partial charge in [-0.1, -0.05) is 29.8 Å². The highest BCUT2D eigenvalue weighted by Crippen LogP contribution is 2.19. The van der Waals surface area contributed by atoms with Gasteiger partial charge in [-0.2, -0.15) is 0 Å². The number of likely N-dealkylation sites (N-methyl/N-ethyl adjacent to an activating group) is 1. The van der Waals surface area contributed by atoms with E-state index >= 15 is 0 Å². The van der Waals surface area contributed by atoms with Gasteiger partial charge in [0.2, 0.25) is 0 Å². The molecular formula is C20H26N2O2S. The Morgan fingerprint density at radius 3 is 2.56 bits per heavy atom. The van der Waals surface area contributed by atoms with Crippen LogP contribution in [-0.4, -0.2) is 50.4 Å². The number of rotatable bonds is 9. The normalized spacial score (nSPS) is 10.7. The van der Waals surface area contributed by atoms with Crippen LogP contribution in [0.5, 0.6) is 5.75 Å². The summed E-state index contributed by atoms with van der Waals surface area (Å²) < 4.78 is 5.75. The number of nitrogens with one attached hydrogen (secondary N) is 1. The predicted molar refractivity (Wildman–Crippen MR) is 105 cm³/mol. The molecule has 134 valence electrons. The molecule has 25 heavy (non-hydrogen) atoms. The van der Waals surface area contributed by atoms with Gasteiger partial charge >= 0.3 is 0 Å². The number of aryl methyl sites for hydroxylation is 1. The summed E-state index contributed by atoms with van der Waals surface area (Å²) in [6.07, 6.45) is 0. The van der Waals surface area contributed by atoms with E-state index in [1.807, 2.05) is 37.2 Å². The summed E-state index contributed by atoms with van der Waals surface area (Å²) in [6, 6.07) is 15.8. The fourth-order valence-electron chi connectivity index (χ4n) is 2.18. The molecule has 4 nitrogen and oxygen atoms in total. The Hall–Kier alpha value is -1.98. The van der Waals surface area contributed by atoms with Crippen LogP contribution in [0, 0.1) is 6.92 Å². The van der Waals surface area contributed by atoms with Crippen molar-refractivity contribution in [3.05, 3.63) is 59.7 Å². The quantitative estimate of drug-likeness (QED) is 0.551. The van der Waals surface area contributed by atoms with Crippen molar-refractivity contribution >= 4 is 17.7 Å². The van der Waals surface area contributed by atoms with Gasteiger partial charge < -0.3 is 15.0 Å². The highest BCUT2D eigenvalue weighted by molar-refractivity contribution is 7.99. The van der Waals surface area contributed by atoms with Crippen LogP contribution < -0.4 is 10.1 Å². The van der Waals surface area contributed by atoms with E-state index in [1.165, 1.54) is 10.5 Å². The zero-order valence-corrected chi connectivity index (χ0v) is 15.9. The number of nitrogens with zero attached hydrogens (tertiary/aromatic N) is 1. The second kappa shape index (κ2) is 10.1. The van der Waals surface area contributed by atoms with Crippen molar-refractivity contribution < 1.29 is 9.53 Å². The fourth-order valence-corrected chi connectivity index (χ4v) is 2.95. The maximum Gasteiger partial charge on any atom is 0.255 e. The average molecular weight is 359 g/mol. The largest absolute Gasteiger partial charge is 0.491 e. The second-order valence-corrected chi connectivity index (χ2v) is 7.23. The lowest BCUT2D eigenvalue weighted by atomic mass is 10.2. The van der Waals surface area contributed by atoms with E-state index in [0.717, 1.165) is 12.3 Å². The van der Waals surface area contributed by atoms with Crippen LogP contribution in [0.1, 0.15) is 15.9 Å². The van der Waals surface area contributed by atoms with Crippen molar-refractivity contribution in [1.29, 1.82) is 0 Å². The number of hydrogen-bond donors (Lipinski definition) is 1. The molecule has 0 atom stereocenters. The minimum absolute atomic E-state index is 0.0926. The Morgan fingerprint density at radius 2 is 1.84 bits per heavy atom. The number of amides is 1. The summed E-state index contributed by atoms with van der Waals surface area (Å²) in [5, 5.41) is 2.97. The van der Waals surface area contributed by atoms with Gasteiger partial charge in [-0.3, -0.25) is 4.79 Å².